The van der Waals surface area contributed by atoms with E-state index in [0.29, 0.717) is 16.5 Å². The number of nitrogens with one attached hydrogen (secondary N) is 2. The maximum Gasteiger partial charge on any atom is 0.315 e. The van der Waals surface area contributed by atoms with E-state index in [1.165, 1.54) is 18.2 Å². The number of anilines is 3. The third kappa shape index (κ3) is 4.95. The predicted octanol–water partition coefficient (Wildman–Crippen LogP) is 5.55. The van der Waals surface area contributed by atoms with Crippen molar-refractivity contribution in [2.75, 3.05) is 17.2 Å². The molecule has 2 aromatic carbocycles. The van der Waals surface area contributed by atoms with Crippen molar-refractivity contribution in [3.8, 4) is 11.5 Å². The van der Waals surface area contributed by atoms with Gasteiger partial charge in [0.2, 0.25) is 0 Å². The van der Waals surface area contributed by atoms with Crippen LogP contribution in [0.1, 0.15) is 5.56 Å². The monoisotopic (exact) mass is 537 g/mol. The molecule has 2 heterocycles. The first-order valence-corrected chi connectivity index (χ1v) is 10.3. The second-order valence-corrected chi connectivity index (χ2v) is 7.72. The van der Waals surface area contributed by atoms with Gasteiger partial charge >= 0.3 is 6.01 Å². The summed E-state index contributed by atoms with van der Waals surface area (Å²) >= 11 is 1.95. The highest BCUT2D eigenvalue weighted by Gasteiger charge is 2.20. The summed E-state index contributed by atoms with van der Waals surface area (Å²) in [7, 11) is 0. The highest BCUT2D eigenvalue weighted by atomic mass is 127. The van der Waals surface area contributed by atoms with Crippen LogP contribution >= 0.6 is 22.6 Å². The van der Waals surface area contributed by atoms with Crippen LogP contribution < -0.4 is 10.6 Å². The number of halogens is 4. The Balaban J connectivity index is 1.56. The number of nitrogens with zero attached hydrogens (tertiary/aromatic N) is 3. The van der Waals surface area contributed by atoms with Crippen LogP contribution in [0.5, 0.6) is 0 Å². The summed E-state index contributed by atoms with van der Waals surface area (Å²) in [5, 5.41) is 13.4. The van der Waals surface area contributed by atoms with Gasteiger partial charge in [-0.3, -0.25) is 4.98 Å². The fourth-order valence-electron chi connectivity index (χ4n) is 2.84. The predicted molar refractivity (Wildman–Crippen MR) is 118 cm³/mol. The number of benzene rings is 2. The summed E-state index contributed by atoms with van der Waals surface area (Å²) in [5.74, 6) is -2.92. The van der Waals surface area contributed by atoms with Crippen molar-refractivity contribution in [3.05, 3.63) is 81.4 Å². The lowest BCUT2D eigenvalue weighted by Gasteiger charge is -2.12. The number of hydrogen-bond acceptors (Lipinski definition) is 6. The van der Waals surface area contributed by atoms with Crippen molar-refractivity contribution in [1.82, 2.24) is 15.2 Å². The summed E-state index contributed by atoms with van der Waals surface area (Å²) in [5.41, 5.74) is 0.869. The molecule has 0 saturated heterocycles. The van der Waals surface area contributed by atoms with E-state index in [-0.39, 0.29) is 28.8 Å². The zero-order valence-corrected chi connectivity index (χ0v) is 18.0. The van der Waals surface area contributed by atoms with E-state index < -0.39 is 17.5 Å². The van der Waals surface area contributed by atoms with Gasteiger partial charge in [-0.05, 0) is 77.0 Å². The Hall–Kier alpha value is -3.15. The minimum absolute atomic E-state index is 0.0126. The molecule has 0 aliphatic carbocycles. The van der Waals surface area contributed by atoms with Crippen molar-refractivity contribution in [1.29, 1.82) is 0 Å². The smallest absolute Gasteiger partial charge is 0.315 e. The van der Waals surface area contributed by atoms with Gasteiger partial charge in [0.15, 0.2) is 11.6 Å². The molecule has 0 amide bonds. The third-order valence-electron chi connectivity index (χ3n) is 4.38. The van der Waals surface area contributed by atoms with E-state index >= 15 is 0 Å². The minimum Gasteiger partial charge on any atom is -0.403 e. The Kier molecular flexibility index (Phi) is 6.35. The summed E-state index contributed by atoms with van der Waals surface area (Å²) in [6.45, 7) is 0.516. The van der Waals surface area contributed by atoms with Crippen molar-refractivity contribution < 1.29 is 17.6 Å². The van der Waals surface area contributed by atoms with Gasteiger partial charge in [-0.2, -0.15) is 0 Å². The highest BCUT2D eigenvalue weighted by Crippen LogP contribution is 2.34. The summed E-state index contributed by atoms with van der Waals surface area (Å²) < 4.78 is 48.9. The Morgan fingerprint density at radius 2 is 1.74 bits per heavy atom. The minimum atomic E-state index is -1.18. The van der Waals surface area contributed by atoms with Crippen molar-refractivity contribution in [2.45, 2.75) is 6.42 Å². The molecule has 10 heteroatoms. The SMILES string of the molecule is Fc1cc(I)ccc1Nc1c(-c2nnc(NCCc3ccncc3)o2)ccc(F)c1F. The van der Waals surface area contributed by atoms with Crippen molar-refractivity contribution in [3.63, 3.8) is 0 Å². The average Bonchev–Trinajstić information content (AvgIpc) is 3.22. The molecule has 0 fully saturated rings. The van der Waals surface area contributed by atoms with E-state index in [4.69, 9.17) is 4.42 Å². The van der Waals surface area contributed by atoms with Gasteiger partial charge in [0.05, 0.1) is 16.9 Å². The summed E-state index contributed by atoms with van der Waals surface area (Å²) in [6, 6.07) is 10.5. The Morgan fingerprint density at radius 1 is 0.935 bits per heavy atom. The second-order valence-electron chi connectivity index (χ2n) is 6.48. The van der Waals surface area contributed by atoms with Crippen LogP contribution in [-0.2, 0) is 6.42 Å². The number of hydrogen-bond donors (Lipinski definition) is 2. The van der Waals surface area contributed by atoms with Gasteiger partial charge in [0.1, 0.15) is 5.82 Å². The molecule has 0 aliphatic heterocycles. The average molecular weight is 537 g/mol. The molecule has 0 bridgehead atoms. The Labute approximate surface area is 189 Å². The van der Waals surface area contributed by atoms with E-state index in [9.17, 15) is 13.2 Å². The molecule has 0 atom stereocenters. The van der Waals surface area contributed by atoms with Crippen LogP contribution in [0.25, 0.3) is 11.5 Å². The van der Waals surface area contributed by atoms with E-state index in [1.54, 1.807) is 18.5 Å². The van der Waals surface area contributed by atoms with Crippen molar-refractivity contribution >= 4 is 40.0 Å². The van der Waals surface area contributed by atoms with E-state index in [2.05, 4.69) is 25.8 Å². The van der Waals surface area contributed by atoms with Gasteiger partial charge in [-0.25, -0.2) is 13.2 Å². The highest BCUT2D eigenvalue weighted by molar-refractivity contribution is 14.1. The van der Waals surface area contributed by atoms with Crippen molar-refractivity contribution in [2.24, 2.45) is 0 Å². The molecular formula is C21H15F3IN5O. The molecule has 2 aromatic heterocycles. The summed E-state index contributed by atoms with van der Waals surface area (Å²) in [6.07, 6.45) is 4.10. The normalized spacial score (nSPS) is 10.8. The maximum absolute atomic E-state index is 14.6. The van der Waals surface area contributed by atoms with Gasteiger partial charge < -0.3 is 15.1 Å². The fraction of sp³-hybridized carbons (Fsp3) is 0.0952. The molecule has 0 aliphatic rings. The second kappa shape index (κ2) is 9.33. The molecule has 31 heavy (non-hydrogen) atoms. The number of aromatic nitrogens is 3. The van der Waals surface area contributed by atoms with Gasteiger partial charge in [0.25, 0.3) is 5.89 Å². The lowest BCUT2D eigenvalue weighted by atomic mass is 10.1. The molecule has 4 rings (SSSR count). The quantitative estimate of drug-likeness (QED) is 0.301. The molecule has 0 radical (unpaired) electrons. The molecule has 0 unspecified atom stereocenters. The topological polar surface area (TPSA) is 75.9 Å². The molecule has 158 valence electrons. The van der Waals surface area contributed by atoms with Crippen LogP contribution in [0.4, 0.5) is 30.6 Å². The number of pyridine rings is 1. The zero-order valence-electron chi connectivity index (χ0n) is 15.9. The first kappa shape index (κ1) is 21.1. The molecule has 4 aromatic rings. The van der Waals surface area contributed by atoms with Gasteiger partial charge in [-0.15, -0.1) is 5.10 Å². The lowest BCUT2D eigenvalue weighted by molar-refractivity contribution is 0.511. The van der Waals surface area contributed by atoms with Gasteiger partial charge in [0, 0.05) is 22.5 Å². The first-order chi connectivity index (χ1) is 15.0. The Bertz CT molecular complexity index is 1200. The molecule has 0 saturated carbocycles. The molecular weight excluding hydrogens is 522 g/mol. The largest absolute Gasteiger partial charge is 0.403 e. The third-order valence-corrected chi connectivity index (χ3v) is 5.05. The van der Waals surface area contributed by atoms with Gasteiger partial charge in [-0.1, -0.05) is 5.10 Å². The van der Waals surface area contributed by atoms with E-state index in [0.717, 1.165) is 11.6 Å². The summed E-state index contributed by atoms with van der Waals surface area (Å²) in [4.78, 5) is 3.96. The Morgan fingerprint density at radius 3 is 2.52 bits per heavy atom. The zero-order chi connectivity index (χ0) is 21.8. The fourth-order valence-corrected chi connectivity index (χ4v) is 3.30. The standard InChI is InChI=1S/C21H15F3IN5O/c22-15-3-2-14(19(18(15)24)28-17-4-1-13(25)11-16(17)23)20-29-30-21(31-20)27-10-7-12-5-8-26-9-6-12/h1-6,8-9,11,28H,7,10H2,(H,27,30). The molecule has 2 N–H and O–H groups in total. The van der Waals surface area contributed by atoms with E-state index in [1.807, 2.05) is 34.7 Å². The van der Waals surface area contributed by atoms with Crippen LogP contribution in [0.3, 0.4) is 0 Å². The van der Waals surface area contributed by atoms with Crippen LogP contribution in [-0.4, -0.2) is 21.7 Å². The molecule has 0 spiro atoms. The van der Waals surface area contributed by atoms with Crippen LogP contribution in [0.15, 0.2) is 59.3 Å². The van der Waals surface area contributed by atoms with Crippen LogP contribution in [0.2, 0.25) is 0 Å². The first-order valence-electron chi connectivity index (χ1n) is 9.18. The molecule has 6 nitrogen and oxygen atoms in total. The lowest BCUT2D eigenvalue weighted by Crippen LogP contribution is -2.05. The van der Waals surface area contributed by atoms with Crippen LogP contribution in [0, 0.1) is 21.0 Å². The number of rotatable bonds is 7. The maximum atomic E-state index is 14.6.